The number of aliphatic hydroxyl groups excluding tert-OH is 3. The largest absolute Gasteiger partial charge is 0.491 e. The summed E-state index contributed by atoms with van der Waals surface area (Å²) < 4.78 is 43.2. The van der Waals surface area contributed by atoms with E-state index in [4.69, 9.17) is 66.6 Å². The number of urea groups is 2. The Hall–Kier alpha value is -9.91. The van der Waals surface area contributed by atoms with Crippen LogP contribution in [0.4, 0.5) is 26.7 Å². The molecule has 694 valence electrons. The minimum absolute atomic E-state index is 0.0377. The first-order valence-corrected chi connectivity index (χ1v) is 41.5. The van der Waals surface area contributed by atoms with Crippen molar-refractivity contribution in [2.45, 2.75) is 170 Å². The van der Waals surface area contributed by atoms with Gasteiger partial charge in [0.2, 0.25) is 41.4 Å². The highest BCUT2D eigenvalue weighted by molar-refractivity contribution is 6.00. The highest BCUT2D eigenvalue weighted by Gasteiger charge is 2.33. The molecule has 3 rings (SSSR count). The minimum Gasteiger partial charge on any atom is -0.491 e. The Kier molecular flexibility index (Phi) is 60.2. The second-order valence-electron chi connectivity index (χ2n) is 29.8. The van der Waals surface area contributed by atoms with Crippen LogP contribution in [-0.2, 0) is 96.2 Å². The van der Waals surface area contributed by atoms with E-state index in [-0.39, 0.29) is 169 Å². The first-order chi connectivity index (χ1) is 58.7. The van der Waals surface area contributed by atoms with Gasteiger partial charge in [-0.15, -0.1) is 0 Å². The molecule has 3 aromatic rings. The second kappa shape index (κ2) is 66.6. The number of likely N-dealkylation sites (N-methyl/N-ethyl adjacent to an activating group) is 1. The average Bonchev–Trinajstić information content (AvgIpc) is 0.856. The summed E-state index contributed by atoms with van der Waals surface area (Å²) in [6.45, 7) is 15.9. The van der Waals surface area contributed by atoms with Crippen molar-refractivity contribution >= 4 is 93.6 Å². The topological polar surface area (TPSA) is 598 Å². The van der Waals surface area contributed by atoms with E-state index in [1.807, 2.05) is 13.8 Å². The number of anilines is 3. The number of rotatable bonds is 65. The number of benzene rings is 3. The third-order valence-corrected chi connectivity index (χ3v) is 18.2. The van der Waals surface area contributed by atoms with Crippen molar-refractivity contribution in [1.82, 2.24) is 36.8 Å². The van der Waals surface area contributed by atoms with E-state index >= 15 is 0 Å². The zero-order valence-corrected chi connectivity index (χ0v) is 73.3. The van der Waals surface area contributed by atoms with Crippen LogP contribution >= 0.6 is 0 Å². The lowest BCUT2D eigenvalue weighted by Crippen LogP contribution is -2.48. The van der Waals surface area contributed by atoms with Crippen molar-refractivity contribution in [3.63, 3.8) is 0 Å². The maximum absolute atomic E-state index is 13.5. The standard InChI is InChI=1S/C32H53N5O10.C27H46N6O7.C25H40N4O7/c1-22(2)30(37-29(41)21-46-16-15-45-14-13-44-3)27(40)17-23(7-6-12-35-32(34)43)31(42)36-25-10-9-24(19-38)28(18-25)47-20-26(39)8-4-5-11-33;1-18(2)25(32-24(36)16-33(3)4)22(35)14-19(6-5-10-30-27(29)38)26(37)31-21-8-7-20(17-34)23(15-21)40-13-12-39-11-9-28;1-17(28-19(3)32)23(33)14-20(6-4-5-10-27-18(2)31)25(34)29-22-8-7-21(16-30)24(15-22)36-13-12-35-11-9-26/h9-10,18,22-23,30,38H,4-8,11-17,19-21,33H2,1-3H3,(H,36,42)(H,37,41)(H3,34,35,43);7-8,15,18-19,25,34H,5-6,9-14,16-17,28H2,1-4H3,(H,31,37)(H,32,36)(H3,29,30,38);7-8,15,17,20,30H,4-6,9-14,16,26H2,1-3H3,(H,27,31)(H,28,32)(H,29,34)/t23-,30+;19-,25+;17-,20+/m110/s1. The molecule has 39 heteroatoms. The van der Waals surface area contributed by atoms with Gasteiger partial charge in [0.05, 0.1) is 97.3 Å². The molecule has 0 aliphatic heterocycles. The number of carbonyl (C=O) groups is 13. The summed E-state index contributed by atoms with van der Waals surface area (Å²) in [6, 6.07) is 10.7. The zero-order chi connectivity index (χ0) is 92.0. The van der Waals surface area contributed by atoms with Crippen LogP contribution < -0.4 is 90.7 Å². The quantitative estimate of drug-likeness (QED) is 0.0360. The predicted octanol–water partition coefficient (Wildman–Crippen LogP) is 2.11. The number of methoxy groups -OCH3 is 1. The molecule has 123 heavy (non-hydrogen) atoms. The van der Waals surface area contributed by atoms with E-state index in [2.05, 4.69) is 47.9 Å². The summed E-state index contributed by atoms with van der Waals surface area (Å²) in [5.74, 6) is -4.98. The molecule has 0 saturated heterocycles. The number of ketones is 4. The van der Waals surface area contributed by atoms with Gasteiger partial charge in [-0.05, 0) is 109 Å². The number of Topliss-reactive ketones (excluding diaryl/α,β-unsaturated/α-hetero) is 4. The number of unbranched alkanes of at least 4 members (excludes halogenated alkanes) is 2. The molecule has 3 aromatic carbocycles. The molecular weight excluding hydrogens is 1600 g/mol. The number of aliphatic hydroxyl groups is 3. The maximum Gasteiger partial charge on any atom is 0.312 e. The summed E-state index contributed by atoms with van der Waals surface area (Å²) >= 11 is 0. The molecule has 6 atom stereocenters. The number of nitrogens with zero attached hydrogens (tertiary/aromatic N) is 1. The molecule has 22 N–H and O–H groups in total. The average molecular weight is 1740 g/mol. The van der Waals surface area contributed by atoms with Gasteiger partial charge < -0.3 is 135 Å². The fourth-order valence-electron chi connectivity index (χ4n) is 11.8. The van der Waals surface area contributed by atoms with Gasteiger partial charge in [-0.25, -0.2) is 9.59 Å². The van der Waals surface area contributed by atoms with Crippen molar-refractivity contribution in [2.75, 3.05) is 162 Å². The smallest absolute Gasteiger partial charge is 0.312 e. The molecule has 0 spiro atoms. The Morgan fingerprint density at radius 2 is 0.821 bits per heavy atom. The molecular formula is C84H139N15O24. The minimum atomic E-state index is -0.866. The molecule has 0 bridgehead atoms. The molecule has 0 radical (unpaired) electrons. The molecule has 11 amide bonds. The second-order valence-corrected chi connectivity index (χ2v) is 29.8. The third kappa shape index (κ3) is 51.7. The van der Waals surface area contributed by atoms with Crippen LogP contribution in [0, 0.1) is 29.6 Å². The molecule has 0 heterocycles. The molecule has 0 unspecified atom stereocenters. The first-order valence-electron chi connectivity index (χ1n) is 41.5. The Morgan fingerprint density at radius 3 is 1.22 bits per heavy atom. The fraction of sp³-hybridized carbons (Fsp3) is 0.631. The number of hydrogen-bond donors (Lipinski definition) is 17. The highest BCUT2D eigenvalue weighted by atomic mass is 16.5. The van der Waals surface area contributed by atoms with E-state index < -0.39 is 65.7 Å². The lowest BCUT2D eigenvalue weighted by Gasteiger charge is -2.24. The number of primary amides is 2. The Morgan fingerprint density at radius 1 is 0.423 bits per heavy atom. The van der Waals surface area contributed by atoms with Crippen LogP contribution in [0.1, 0.15) is 149 Å². The van der Waals surface area contributed by atoms with Gasteiger partial charge in [0.1, 0.15) is 43.7 Å². The highest BCUT2D eigenvalue weighted by Crippen LogP contribution is 2.30. The number of nitrogens with two attached hydrogens (primary N) is 5. The van der Waals surface area contributed by atoms with Crippen molar-refractivity contribution in [2.24, 2.45) is 58.3 Å². The van der Waals surface area contributed by atoms with Crippen LogP contribution in [0.15, 0.2) is 54.6 Å². The molecule has 0 fully saturated rings. The van der Waals surface area contributed by atoms with Gasteiger partial charge in [-0.3, -0.25) is 52.7 Å². The molecule has 39 nitrogen and oxygen atoms in total. The molecule has 0 aliphatic carbocycles. The lowest BCUT2D eigenvalue weighted by atomic mass is 9.89. The monoisotopic (exact) mass is 1740 g/mol. The van der Waals surface area contributed by atoms with Crippen molar-refractivity contribution in [3.8, 4) is 17.2 Å². The number of amides is 11. The number of hydrogen-bond acceptors (Lipinski definition) is 28. The first kappa shape index (κ1) is 111. The van der Waals surface area contributed by atoms with Crippen molar-refractivity contribution < 1.29 is 116 Å². The van der Waals surface area contributed by atoms with Crippen LogP contribution in [-0.4, -0.2) is 261 Å². The maximum atomic E-state index is 13.5. The van der Waals surface area contributed by atoms with E-state index in [9.17, 15) is 77.6 Å². The number of nitrogens with one attached hydrogen (secondary N) is 9. The molecule has 0 saturated carbocycles. The summed E-state index contributed by atoms with van der Waals surface area (Å²) in [6.07, 6.45) is 4.38. The Balaban J connectivity index is 0.000000931. The van der Waals surface area contributed by atoms with Gasteiger partial charge in [0.15, 0.2) is 23.1 Å². The Bertz CT molecular complexity index is 3670. The fourth-order valence-corrected chi connectivity index (χ4v) is 11.8. The van der Waals surface area contributed by atoms with Gasteiger partial charge in [-0.1, -0.05) is 52.3 Å². The van der Waals surface area contributed by atoms with Crippen molar-refractivity contribution in [3.05, 3.63) is 71.3 Å². The Labute approximate surface area is 721 Å². The van der Waals surface area contributed by atoms with Crippen molar-refractivity contribution in [1.29, 1.82) is 0 Å². The summed E-state index contributed by atoms with van der Waals surface area (Å²) in [5.41, 5.74) is 29.3. The molecule has 0 aromatic heterocycles. The van der Waals surface area contributed by atoms with Gasteiger partial charge in [0.25, 0.3) is 0 Å². The summed E-state index contributed by atoms with van der Waals surface area (Å²) in [7, 11) is 5.08. The van der Waals surface area contributed by atoms with Crippen LogP contribution in [0.3, 0.4) is 0 Å². The third-order valence-electron chi connectivity index (χ3n) is 18.2. The normalized spacial score (nSPS) is 12.4. The van der Waals surface area contributed by atoms with E-state index in [1.54, 1.807) is 95.4 Å². The summed E-state index contributed by atoms with van der Waals surface area (Å²) in [4.78, 5) is 163. The lowest BCUT2D eigenvalue weighted by molar-refractivity contribution is -0.133. The van der Waals surface area contributed by atoms with Crippen LogP contribution in [0.25, 0.3) is 0 Å². The SMILES string of the molecule is CC(=O)NCCCC[C@H](CC(=O)[C@H](C)NC(C)=O)C(=O)Nc1ccc(CO)c(OCCOCCN)c1.CC(C)[C@H](NC(=O)CN(C)C)C(=O)C[C@@H](CCCNC(N)=O)C(=O)Nc1ccc(CO)c(OCCOCCN)c1.COCCOCCOCC(=O)N[C@H](C(=O)C[C@@H](CCCNC(N)=O)C(=O)Nc1ccc(CO)c(OCC(=O)CCCCN)c1)C(C)C. The predicted molar refractivity (Wildman–Crippen MR) is 462 cm³/mol. The van der Waals surface area contributed by atoms with E-state index in [0.717, 1.165) is 6.42 Å². The zero-order valence-electron chi connectivity index (χ0n) is 73.3. The van der Waals surface area contributed by atoms with E-state index in [0.29, 0.717) is 162 Å². The summed E-state index contributed by atoms with van der Waals surface area (Å²) in [5, 5.41) is 53.2. The number of ether oxygens (including phenoxy) is 8. The van der Waals surface area contributed by atoms with E-state index in [1.165, 1.54) is 19.9 Å². The number of carbonyl (C=O) groups excluding carboxylic acids is 13. The van der Waals surface area contributed by atoms with Gasteiger partial charge in [-0.2, -0.15) is 0 Å². The molecule has 0 aliphatic rings. The van der Waals surface area contributed by atoms with Crippen LogP contribution in [0.2, 0.25) is 0 Å². The van der Waals surface area contributed by atoms with Gasteiger partial charge in [0, 0.05) is 149 Å². The van der Waals surface area contributed by atoms with Gasteiger partial charge >= 0.3 is 12.1 Å². The van der Waals surface area contributed by atoms with Crippen LogP contribution in [0.5, 0.6) is 17.2 Å².